The minimum Gasteiger partial charge on any atom is -0.392 e. The number of hydrogen-bond acceptors (Lipinski definition) is 2. The summed E-state index contributed by atoms with van der Waals surface area (Å²) >= 11 is 0. The van der Waals surface area contributed by atoms with Gasteiger partial charge in [-0.1, -0.05) is 32.0 Å². The molecular formula is C18H24N2O. The summed E-state index contributed by atoms with van der Waals surface area (Å²) in [7, 11) is 0. The van der Waals surface area contributed by atoms with Crippen molar-refractivity contribution in [2.75, 3.05) is 0 Å². The summed E-state index contributed by atoms with van der Waals surface area (Å²) in [5.41, 5.74) is 4.11. The van der Waals surface area contributed by atoms with Crippen LogP contribution in [0.4, 0.5) is 0 Å². The van der Waals surface area contributed by atoms with E-state index in [1.54, 1.807) is 0 Å². The molecule has 3 nitrogen and oxygen atoms in total. The molecule has 0 bridgehead atoms. The molecule has 1 heterocycles. The Hall–Kier alpha value is -1.32. The number of aliphatic hydroxyl groups is 1. The van der Waals surface area contributed by atoms with Crippen LogP contribution in [-0.4, -0.2) is 22.2 Å². The third-order valence-electron chi connectivity index (χ3n) is 5.73. The zero-order chi connectivity index (χ0) is 14.6. The molecule has 3 atom stereocenters. The topological polar surface area (TPSA) is 48.0 Å². The average molecular weight is 284 g/mol. The van der Waals surface area contributed by atoms with Gasteiger partial charge in [-0.2, -0.15) is 0 Å². The Morgan fingerprint density at radius 3 is 2.86 bits per heavy atom. The number of H-pyrrole nitrogens is 1. The van der Waals surface area contributed by atoms with E-state index in [1.807, 2.05) is 0 Å². The van der Waals surface area contributed by atoms with Gasteiger partial charge in [0.15, 0.2) is 0 Å². The lowest BCUT2D eigenvalue weighted by molar-refractivity contribution is -0.0767. The first-order valence-electron chi connectivity index (χ1n) is 8.11. The van der Waals surface area contributed by atoms with Crippen molar-refractivity contribution in [3.05, 3.63) is 35.5 Å². The fraction of sp³-hybridized carbons (Fsp3) is 0.556. The van der Waals surface area contributed by atoms with Crippen LogP contribution in [-0.2, 0) is 6.42 Å². The van der Waals surface area contributed by atoms with Gasteiger partial charge in [0, 0.05) is 34.1 Å². The molecule has 0 amide bonds. The minimum absolute atomic E-state index is 0.0103. The SMILES string of the molecule is CC1(C)C(O)CC1NC1CCCc2c1[nH]c1ccccc21. The highest BCUT2D eigenvalue weighted by molar-refractivity contribution is 5.85. The Labute approximate surface area is 125 Å². The van der Waals surface area contributed by atoms with E-state index >= 15 is 0 Å². The second-order valence-corrected chi connectivity index (χ2v) is 7.30. The van der Waals surface area contributed by atoms with Gasteiger partial charge in [-0.05, 0) is 37.3 Å². The number of aromatic amines is 1. The Morgan fingerprint density at radius 1 is 1.29 bits per heavy atom. The van der Waals surface area contributed by atoms with Crippen LogP contribution in [0.5, 0.6) is 0 Å². The average Bonchev–Trinajstić information content (AvgIpc) is 2.87. The summed E-state index contributed by atoms with van der Waals surface area (Å²) in [5.74, 6) is 0. The van der Waals surface area contributed by atoms with Crippen molar-refractivity contribution in [2.45, 2.75) is 57.7 Å². The Balaban J connectivity index is 1.65. The van der Waals surface area contributed by atoms with Crippen molar-refractivity contribution in [1.29, 1.82) is 0 Å². The van der Waals surface area contributed by atoms with Gasteiger partial charge in [0.05, 0.1) is 6.10 Å². The van der Waals surface area contributed by atoms with E-state index in [0.717, 1.165) is 6.42 Å². The molecule has 0 spiro atoms. The molecule has 4 rings (SSSR count). The van der Waals surface area contributed by atoms with E-state index in [-0.39, 0.29) is 11.5 Å². The van der Waals surface area contributed by atoms with Gasteiger partial charge in [-0.3, -0.25) is 0 Å². The highest BCUT2D eigenvalue weighted by Gasteiger charge is 2.48. The zero-order valence-electron chi connectivity index (χ0n) is 12.8. The normalized spacial score (nSPS) is 30.9. The van der Waals surface area contributed by atoms with E-state index in [2.05, 4.69) is 48.4 Å². The fourth-order valence-electron chi connectivity index (χ4n) is 4.01. The predicted molar refractivity (Wildman–Crippen MR) is 85.3 cm³/mol. The largest absolute Gasteiger partial charge is 0.392 e. The highest BCUT2D eigenvalue weighted by Crippen LogP contribution is 2.43. The van der Waals surface area contributed by atoms with Gasteiger partial charge in [-0.15, -0.1) is 0 Å². The number of nitrogens with one attached hydrogen (secondary N) is 2. The number of aryl methyl sites for hydroxylation is 1. The van der Waals surface area contributed by atoms with Crippen LogP contribution in [0.15, 0.2) is 24.3 Å². The molecule has 0 radical (unpaired) electrons. The molecule has 112 valence electrons. The molecule has 2 aliphatic carbocycles. The Bertz CT molecular complexity index is 673. The van der Waals surface area contributed by atoms with Gasteiger partial charge in [0.1, 0.15) is 0 Å². The van der Waals surface area contributed by atoms with E-state index in [1.165, 1.54) is 41.4 Å². The molecule has 1 aromatic heterocycles. The quantitative estimate of drug-likeness (QED) is 0.792. The van der Waals surface area contributed by atoms with Crippen molar-refractivity contribution in [2.24, 2.45) is 5.41 Å². The van der Waals surface area contributed by atoms with Crippen LogP contribution in [0.2, 0.25) is 0 Å². The van der Waals surface area contributed by atoms with Crippen LogP contribution in [0.1, 0.15) is 50.4 Å². The van der Waals surface area contributed by atoms with Crippen molar-refractivity contribution < 1.29 is 5.11 Å². The summed E-state index contributed by atoms with van der Waals surface area (Å²) in [6.45, 7) is 4.32. The van der Waals surface area contributed by atoms with E-state index in [0.29, 0.717) is 12.1 Å². The molecule has 0 saturated heterocycles. The second kappa shape index (κ2) is 4.59. The lowest BCUT2D eigenvalue weighted by Gasteiger charge is -2.51. The van der Waals surface area contributed by atoms with E-state index in [4.69, 9.17) is 0 Å². The standard InChI is InChI=1S/C18H24N2O/c1-18(2)15(10-16(18)21)19-14-9-5-7-12-11-6-3-4-8-13(11)20-17(12)14/h3-4,6,8,14-16,19-21H,5,7,9-10H2,1-2H3. The monoisotopic (exact) mass is 284 g/mol. The van der Waals surface area contributed by atoms with Crippen LogP contribution >= 0.6 is 0 Å². The molecule has 3 unspecified atom stereocenters. The highest BCUT2D eigenvalue weighted by atomic mass is 16.3. The molecule has 0 aliphatic heterocycles. The number of para-hydroxylation sites is 1. The smallest absolute Gasteiger partial charge is 0.0621 e. The Kier molecular flexibility index (Phi) is 2.92. The van der Waals surface area contributed by atoms with Gasteiger partial charge < -0.3 is 15.4 Å². The molecule has 3 heteroatoms. The predicted octanol–water partition coefficient (Wildman–Crippen LogP) is 3.29. The molecule has 21 heavy (non-hydrogen) atoms. The number of fused-ring (bicyclic) bond motifs is 3. The van der Waals surface area contributed by atoms with Gasteiger partial charge in [-0.25, -0.2) is 0 Å². The summed E-state index contributed by atoms with van der Waals surface area (Å²) < 4.78 is 0. The summed E-state index contributed by atoms with van der Waals surface area (Å²) in [4.78, 5) is 3.63. The van der Waals surface area contributed by atoms with E-state index in [9.17, 15) is 5.11 Å². The lowest BCUT2D eigenvalue weighted by Crippen LogP contribution is -2.60. The van der Waals surface area contributed by atoms with Crippen molar-refractivity contribution in [3.63, 3.8) is 0 Å². The maximum Gasteiger partial charge on any atom is 0.0621 e. The fourth-order valence-corrected chi connectivity index (χ4v) is 4.01. The van der Waals surface area contributed by atoms with Crippen LogP contribution in [0.25, 0.3) is 10.9 Å². The molecular weight excluding hydrogens is 260 g/mol. The second-order valence-electron chi connectivity index (χ2n) is 7.30. The first-order valence-corrected chi connectivity index (χ1v) is 8.11. The summed E-state index contributed by atoms with van der Waals surface area (Å²) in [6, 6.07) is 9.43. The Morgan fingerprint density at radius 2 is 2.10 bits per heavy atom. The first kappa shape index (κ1) is 13.4. The van der Waals surface area contributed by atoms with Crippen molar-refractivity contribution in [1.82, 2.24) is 10.3 Å². The van der Waals surface area contributed by atoms with Crippen LogP contribution in [0, 0.1) is 5.41 Å². The number of rotatable bonds is 2. The maximum atomic E-state index is 9.94. The van der Waals surface area contributed by atoms with Crippen LogP contribution in [0.3, 0.4) is 0 Å². The molecule has 1 fully saturated rings. The van der Waals surface area contributed by atoms with Crippen molar-refractivity contribution >= 4 is 10.9 Å². The summed E-state index contributed by atoms with van der Waals surface area (Å²) in [6.07, 6.45) is 4.30. The maximum absolute atomic E-state index is 9.94. The lowest BCUT2D eigenvalue weighted by atomic mass is 9.64. The van der Waals surface area contributed by atoms with Gasteiger partial charge in [0.25, 0.3) is 0 Å². The first-order chi connectivity index (χ1) is 10.1. The number of benzene rings is 1. The van der Waals surface area contributed by atoms with Gasteiger partial charge >= 0.3 is 0 Å². The van der Waals surface area contributed by atoms with E-state index < -0.39 is 0 Å². The molecule has 2 aliphatic rings. The number of aliphatic hydroxyl groups excluding tert-OH is 1. The third-order valence-corrected chi connectivity index (χ3v) is 5.73. The molecule has 1 aromatic carbocycles. The molecule has 2 aromatic rings. The number of aromatic nitrogens is 1. The van der Waals surface area contributed by atoms with Gasteiger partial charge in [0.2, 0.25) is 0 Å². The number of hydrogen-bond donors (Lipinski definition) is 3. The van der Waals surface area contributed by atoms with Crippen LogP contribution < -0.4 is 5.32 Å². The molecule has 3 N–H and O–H groups in total. The van der Waals surface area contributed by atoms with Crippen molar-refractivity contribution in [3.8, 4) is 0 Å². The minimum atomic E-state index is -0.166. The molecule has 1 saturated carbocycles. The third kappa shape index (κ3) is 1.95. The zero-order valence-corrected chi connectivity index (χ0v) is 12.8. The summed E-state index contributed by atoms with van der Waals surface area (Å²) in [5, 5.41) is 15.1.